The quantitative estimate of drug-likeness (QED) is 0.768. The van der Waals surface area contributed by atoms with Gasteiger partial charge in [0.15, 0.2) is 17.3 Å². The molecule has 0 aliphatic carbocycles. The summed E-state index contributed by atoms with van der Waals surface area (Å²) in [7, 11) is 0. The van der Waals surface area contributed by atoms with E-state index < -0.39 is 0 Å². The molecule has 0 unspecified atom stereocenters. The fourth-order valence-electron chi connectivity index (χ4n) is 1.48. The van der Waals surface area contributed by atoms with Gasteiger partial charge in [-0.3, -0.25) is 4.79 Å². The molecule has 19 heavy (non-hydrogen) atoms. The van der Waals surface area contributed by atoms with Crippen molar-refractivity contribution in [1.82, 2.24) is 15.5 Å². The van der Waals surface area contributed by atoms with Gasteiger partial charge in [0.1, 0.15) is 0 Å². The third-order valence-electron chi connectivity index (χ3n) is 2.35. The van der Waals surface area contributed by atoms with Gasteiger partial charge in [0.05, 0.1) is 19.1 Å². The number of nitrogens with zero attached hydrogens (tertiary/aromatic N) is 2. The molecule has 3 aromatic rings. The highest BCUT2D eigenvalue weighted by molar-refractivity contribution is 5.91. The number of rotatable bonds is 4. The highest BCUT2D eigenvalue weighted by Gasteiger charge is 2.13. The lowest BCUT2D eigenvalue weighted by molar-refractivity contribution is 0.0922. The summed E-state index contributed by atoms with van der Waals surface area (Å²) < 4.78 is 15.1. The van der Waals surface area contributed by atoms with Crippen LogP contribution in [0.2, 0.25) is 0 Å². The zero-order valence-corrected chi connectivity index (χ0v) is 9.70. The maximum atomic E-state index is 11.6. The van der Waals surface area contributed by atoms with Crippen LogP contribution in [0.5, 0.6) is 0 Å². The average molecular weight is 259 g/mol. The molecule has 0 aliphatic heterocycles. The molecule has 0 saturated heterocycles. The largest absolute Gasteiger partial charge is 0.459 e. The predicted octanol–water partition coefficient (Wildman–Crippen LogP) is 1.85. The fourth-order valence-corrected chi connectivity index (χ4v) is 1.48. The number of carbonyl (C=O) groups is 1. The fraction of sp³-hybridized carbons (Fsp3) is 0.0833. The molecule has 3 rings (SSSR count). The molecule has 1 amide bonds. The number of nitrogens with one attached hydrogen (secondary N) is 1. The van der Waals surface area contributed by atoms with Crippen LogP contribution in [0.4, 0.5) is 0 Å². The SMILES string of the molecule is O=C(NCc1noc(-c2ccco2)n1)c1ccco1. The molecule has 3 heterocycles. The summed E-state index contributed by atoms with van der Waals surface area (Å²) in [6, 6.07) is 6.63. The molecule has 0 fully saturated rings. The van der Waals surface area contributed by atoms with Gasteiger partial charge in [-0.2, -0.15) is 4.98 Å². The van der Waals surface area contributed by atoms with Crippen molar-refractivity contribution in [1.29, 1.82) is 0 Å². The first-order valence-electron chi connectivity index (χ1n) is 5.51. The van der Waals surface area contributed by atoms with Crippen LogP contribution in [0.15, 0.2) is 50.1 Å². The van der Waals surface area contributed by atoms with Crippen molar-refractivity contribution >= 4 is 5.91 Å². The number of hydrogen-bond donors (Lipinski definition) is 1. The second-order valence-corrected chi connectivity index (χ2v) is 3.65. The molecule has 7 nitrogen and oxygen atoms in total. The predicted molar refractivity (Wildman–Crippen MR) is 61.9 cm³/mol. The van der Waals surface area contributed by atoms with Crippen LogP contribution >= 0.6 is 0 Å². The molecule has 0 atom stereocenters. The Morgan fingerprint density at radius 2 is 2.05 bits per heavy atom. The van der Waals surface area contributed by atoms with Gasteiger partial charge in [0.2, 0.25) is 0 Å². The standard InChI is InChI=1S/C12H9N3O4/c16-11(8-3-1-5-17-8)13-7-10-14-12(19-15-10)9-4-2-6-18-9/h1-6H,7H2,(H,13,16). The van der Waals surface area contributed by atoms with Gasteiger partial charge >= 0.3 is 0 Å². The van der Waals surface area contributed by atoms with Crippen molar-refractivity contribution in [2.24, 2.45) is 0 Å². The first-order chi connectivity index (χ1) is 9.33. The minimum atomic E-state index is -0.339. The van der Waals surface area contributed by atoms with Crippen molar-refractivity contribution < 1.29 is 18.2 Å². The van der Waals surface area contributed by atoms with E-state index in [1.807, 2.05) is 0 Å². The van der Waals surface area contributed by atoms with Crippen LogP contribution < -0.4 is 5.32 Å². The third-order valence-corrected chi connectivity index (χ3v) is 2.35. The van der Waals surface area contributed by atoms with E-state index in [9.17, 15) is 4.79 Å². The number of furan rings is 2. The van der Waals surface area contributed by atoms with Crippen molar-refractivity contribution in [3.63, 3.8) is 0 Å². The molecular weight excluding hydrogens is 250 g/mol. The maximum absolute atomic E-state index is 11.6. The van der Waals surface area contributed by atoms with Gasteiger partial charge in [0, 0.05) is 0 Å². The van der Waals surface area contributed by atoms with E-state index in [-0.39, 0.29) is 24.1 Å². The van der Waals surface area contributed by atoms with E-state index in [4.69, 9.17) is 13.4 Å². The topological polar surface area (TPSA) is 94.3 Å². The maximum Gasteiger partial charge on any atom is 0.293 e. The highest BCUT2D eigenvalue weighted by Crippen LogP contribution is 2.16. The van der Waals surface area contributed by atoms with Gasteiger partial charge in [0.25, 0.3) is 11.8 Å². The van der Waals surface area contributed by atoms with E-state index in [1.165, 1.54) is 12.5 Å². The Bertz CT molecular complexity index is 655. The zero-order chi connectivity index (χ0) is 13.1. The molecular formula is C12H9N3O4. The molecule has 96 valence electrons. The smallest absolute Gasteiger partial charge is 0.293 e. The van der Waals surface area contributed by atoms with E-state index in [0.717, 1.165) is 0 Å². The molecule has 0 spiro atoms. The van der Waals surface area contributed by atoms with Gasteiger partial charge < -0.3 is 18.7 Å². The zero-order valence-electron chi connectivity index (χ0n) is 9.70. The van der Waals surface area contributed by atoms with Crippen molar-refractivity contribution in [2.75, 3.05) is 0 Å². The highest BCUT2D eigenvalue weighted by atomic mass is 16.5. The van der Waals surface area contributed by atoms with Crippen molar-refractivity contribution in [3.8, 4) is 11.7 Å². The Balaban J connectivity index is 1.63. The lowest BCUT2D eigenvalue weighted by atomic mass is 10.4. The van der Waals surface area contributed by atoms with Crippen LogP contribution in [0.25, 0.3) is 11.7 Å². The second-order valence-electron chi connectivity index (χ2n) is 3.65. The molecule has 0 aromatic carbocycles. The summed E-state index contributed by atoms with van der Waals surface area (Å²) in [6.45, 7) is 0.143. The summed E-state index contributed by atoms with van der Waals surface area (Å²) >= 11 is 0. The molecule has 0 aliphatic rings. The molecule has 1 N–H and O–H groups in total. The van der Waals surface area contributed by atoms with Crippen LogP contribution in [0, 0.1) is 0 Å². The second kappa shape index (κ2) is 4.81. The van der Waals surface area contributed by atoms with E-state index in [0.29, 0.717) is 11.6 Å². The minimum Gasteiger partial charge on any atom is -0.459 e. The summed E-state index contributed by atoms with van der Waals surface area (Å²) in [5.41, 5.74) is 0. The first kappa shape index (κ1) is 11.3. The Morgan fingerprint density at radius 3 is 2.79 bits per heavy atom. The van der Waals surface area contributed by atoms with Crippen molar-refractivity contribution in [2.45, 2.75) is 6.54 Å². The third kappa shape index (κ3) is 2.39. The van der Waals surface area contributed by atoms with Crippen LogP contribution in [0.1, 0.15) is 16.4 Å². The Morgan fingerprint density at radius 1 is 1.21 bits per heavy atom. The molecule has 0 bridgehead atoms. The number of amides is 1. The molecule has 0 radical (unpaired) electrons. The Labute approximate surface area is 107 Å². The van der Waals surface area contributed by atoms with Crippen LogP contribution in [-0.2, 0) is 6.54 Å². The first-order valence-corrected chi connectivity index (χ1v) is 5.51. The van der Waals surface area contributed by atoms with E-state index in [1.54, 1.807) is 24.3 Å². The Hall–Kier alpha value is -2.83. The van der Waals surface area contributed by atoms with Crippen molar-refractivity contribution in [3.05, 3.63) is 48.4 Å². The van der Waals surface area contributed by atoms with Gasteiger partial charge in [-0.15, -0.1) is 0 Å². The minimum absolute atomic E-state index is 0.143. The number of carbonyl (C=O) groups excluding carboxylic acids is 1. The summed E-state index contributed by atoms with van der Waals surface area (Å²) in [5.74, 6) is 0.999. The van der Waals surface area contributed by atoms with E-state index in [2.05, 4.69) is 15.5 Å². The summed E-state index contributed by atoms with van der Waals surface area (Å²) in [5, 5.41) is 6.35. The average Bonchev–Trinajstić information content (AvgIpc) is 3.14. The molecule has 7 heteroatoms. The summed E-state index contributed by atoms with van der Waals surface area (Å²) in [6.07, 6.45) is 2.94. The van der Waals surface area contributed by atoms with Gasteiger partial charge in [-0.25, -0.2) is 0 Å². The summed E-state index contributed by atoms with van der Waals surface area (Å²) in [4.78, 5) is 15.7. The number of aromatic nitrogens is 2. The Kier molecular flexibility index (Phi) is 2.85. The van der Waals surface area contributed by atoms with Crippen LogP contribution in [0.3, 0.4) is 0 Å². The molecule has 0 saturated carbocycles. The lowest BCUT2D eigenvalue weighted by Gasteiger charge is -1.97. The van der Waals surface area contributed by atoms with Gasteiger partial charge in [-0.05, 0) is 24.3 Å². The monoisotopic (exact) mass is 259 g/mol. The number of hydrogen-bond acceptors (Lipinski definition) is 6. The normalized spacial score (nSPS) is 10.5. The van der Waals surface area contributed by atoms with Crippen LogP contribution in [-0.4, -0.2) is 16.0 Å². The van der Waals surface area contributed by atoms with Gasteiger partial charge in [-0.1, -0.05) is 5.16 Å². The molecule has 3 aromatic heterocycles. The van der Waals surface area contributed by atoms with E-state index >= 15 is 0 Å². The lowest BCUT2D eigenvalue weighted by Crippen LogP contribution is -2.22.